The summed E-state index contributed by atoms with van der Waals surface area (Å²) in [5.41, 5.74) is 5.46. The SMILES string of the molecule is Cc1c(=N)n(C)c(-c2ccc(O)cc2)c2[nH]c3ccccc3c12. The van der Waals surface area contributed by atoms with Crippen molar-refractivity contribution in [3.63, 3.8) is 0 Å². The predicted molar refractivity (Wildman–Crippen MR) is 92.5 cm³/mol. The van der Waals surface area contributed by atoms with Crippen molar-refractivity contribution in [1.29, 1.82) is 5.41 Å². The maximum absolute atomic E-state index is 9.55. The summed E-state index contributed by atoms with van der Waals surface area (Å²) in [6.45, 7) is 1.99. The van der Waals surface area contributed by atoms with Crippen LogP contribution in [-0.4, -0.2) is 14.7 Å². The topological polar surface area (TPSA) is 64.8 Å². The summed E-state index contributed by atoms with van der Waals surface area (Å²) in [5, 5.41) is 20.2. The van der Waals surface area contributed by atoms with Gasteiger partial charge in [0.1, 0.15) is 11.2 Å². The van der Waals surface area contributed by atoms with E-state index in [0.717, 1.165) is 38.6 Å². The van der Waals surface area contributed by atoms with Crippen LogP contribution in [0.1, 0.15) is 5.56 Å². The van der Waals surface area contributed by atoms with Gasteiger partial charge in [-0.25, -0.2) is 0 Å². The van der Waals surface area contributed by atoms with Gasteiger partial charge in [0.25, 0.3) is 0 Å². The first kappa shape index (κ1) is 13.6. The Morgan fingerprint density at radius 1 is 1.04 bits per heavy atom. The number of aryl methyl sites for hydroxylation is 1. The van der Waals surface area contributed by atoms with E-state index in [2.05, 4.69) is 17.1 Å². The number of hydrogen-bond donors (Lipinski definition) is 3. The number of hydrogen-bond acceptors (Lipinski definition) is 2. The molecule has 3 N–H and O–H groups in total. The lowest BCUT2D eigenvalue weighted by molar-refractivity contribution is 0.475. The Labute approximate surface area is 133 Å². The lowest BCUT2D eigenvalue weighted by Gasteiger charge is -2.13. The molecule has 23 heavy (non-hydrogen) atoms. The molecule has 0 spiro atoms. The number of phenols is 1. The number of benzene rings is 2. The Morgan fingerprint density at radius 2 is 1.74 bits per heavy atom. The van der Waals surface area contributed by atoms with E-state index in [-0.39, 0.29) is 5.75 Å². The molecule has 0 saturated carbocycles. The van der Waals surface area contributed by atoms with Crippen molar-refractivity contribution in [1.82, 2.24) is 9.55 Å². The van der Waals surface area contributed by atoms with Crippen molar-refractivity contribution in [3.05, 3.63) is 59.6 Å². The minimum atomic E-state index is 0.238. The van der Waals surface area contributed by atoms with E-state index in [0.29, 0.717) is 5.49 Å². The van der Waals surface area contributed by atoms with Crippen LogP contribution in [0.25, 0.3) is 33.1 Å². The Hall–Kier alpha value is -3.01. The molecule has 114 valence electrons. The molecule has 2 aromatic heterocycles. The minimum Gasteiger partial charge on any atom is -0.508 e. The number of para-hydroxylation sites is 1. The molecular formula is C19H17N3O. The molecule has 0 radical (unpaired) electrons. The molecule has 4 rings (SSSR count). The fraction of sp³-hybridized carbons (Fsp3) is 0.105. The molecule has 0 atom stereocenters. The van der Waals surface area contributed by atoms with Crippen LogP contribution < -0.4 is 5.49 Å². The molecule has 0 fully saturated rings. The van der Waals surface area contributed by atoms with E-state index in [1.807, 2.05) is 42.8 Å². The zero-order valence-electron chi connectivity index (χ0n) is 13.0. The molecule has 2 heterocycles. The van der Waals surface area contributed by atoms with E-state index < -0.39 is 0 Å². The number of fused-ring (bicyclic) bond motifs is 3. The summed E-state index contributed by atoms with van der Waals surface area (Å²) in [4.78, 5) is 3.50. The molecule has 0 aliphatic rings. The van der Waals surface area contributed by atoms with Crippen LogP contribution in [0.3, 0.4) is 0 Å². The molecule has 0 aliphatic heterocycles. The third-order valence-electron chi connectivity index (χ3n) is 4.48. The summed E-state index contributed by atoms with van der Waals surface area (Å²) in [7, 11) is 1.91. The highest BCUT2D eigenvalue weighted by atomic mass is 16.3. The van der Waals surface area contributed by atoms with Crippen LogP contribution in [0.5, 0.6) is 5.75 Å². The van der Waals surface area contributed by atoms with Gasteiger partial charge in [0, 0.05) is 34.5 Å². The summed E-state index contributed by atoms with van der Waals surface area (Å²) < 4.78 is 1.89. The van der Waals surface area contributed by atoms with E-state index in [1.54, 1.807) is 12.1 Å². The fourth-order valence-corrected chi connectivity index (χ4v) is 3.32. The van der Waals surface area contributed by atoms with E-state index in [4.69, 9.17) is 5.41 Å². The fourth-order valence-electron chi connectivity index (χ4n) is 3.32. The van der Waals surface area contributed by atoms with Gasteiger partial charge in [-0.15, -0.1) is 0 Å². The molecule has 0 amide bonds. The largest absolute Gasteiger partial charge is 0.508 e. The number of rotatable bonds is 1. The second kappa shape index (κ2) is 4.74. The number of nitrogens with one attached hydrogen (secondary N) is 2. The third-order valence-corrected chi connectivity index (χ3v) is 4.48. The van der Waals surface area contributed by atoms with Gasteiger partial charge in [0.05, 0.1) is 11.2 Å². The standard InChI is InChI=1S/C19H17N3O/c1-11-16-14-5-3-4-6-15(14)21-17(16)18(22(2)19(11)20)12-7-9-13(23)10-8-12/h3-10,20-21,23H,1-2H3. The average Bonchev–Trinajstić information content (AvgIpc) is 2.93. The molecule has 4 nitrogen and oxygen atoms in total. The van der Waals surface area contributed by atoms with E-state index >= 15 is 0 Å². The van der Waals surface area contributed by atoms with Crippen LogP contribution in [0.2, 0.25) is 0 Å². The van der Waals surface area contributed by atoms with Gasteiger partial charge in [-0.05, 0) is 37.3 Å². The summed E-state index contributed by atoms with van der Waals surface area (Å²) in [6.07, 6.45) is 0. The Kier molecular flexibility index (Phi) is 2.81. The zero-order valence-corrected chi connectivity index (χ0v) is 13.0. The smallest absolute Gasteiger partial charge is 0.128 e. The predicted octanol–water partition coefficient (Wildman–Crippen LogP) is 3.82. The Bertz CT molecular complexity index is 1100. The Morgan fingerprint density at radius 3 is 2.48 bits per heavy atom. The average molecular weight is 303 g/mol. The van der Waals surface area contributed by atoms with Gasteiger partial charge in [0.15, 0.2) is 0 Å². The van der Waals surface area contributed by atoms with Gasteiger partial charge >= 0.3 is 0 Å². The van der Waals surface area contributed by atoms with Crippen molar-refractivity contribution < 1.29 is 5.11 Å². The zero-order chi connectivity index (χ0) is 16.1. The van der Waals surface area contributed by atoms with Crippen molar-refractivity contribution >= 4 is 21.8 Å². The van der Waals surface area contributed by atoms with E-state index in [9.17, 15) is 5.11 Å². The molecule has 0 unspecified atom stereocenters. The first-order chi connectivity index (χ1) is 11.1. The molecule has 4 aromatic rings. The monoisotopic (exact) mass is 303 g/mol. The van der Waals surface area contributed by atoms with Crippen molar-refractivity contribution in [3.8, 4) is 17.0 Å². The molecule has 0 aliphatic carbocycles. The van der Waals surface area contributed by atoms with Gasteiger partial charge in [0.2, 0.25) is 0 Å². The summed E-state index contributed by atoms with van der Waals surface area (Å²) in [5.74, 6) is 0.238. The first-order valence-electron chi connectivity index (χ1n) is 7.52. The van der Waals surface area contributed by atoms with Crippen molar-refractivity contribution in [2.24, 2.45) is 7.05 Å². The first-order valence-corrected chi connectivity index (χ1v) is 7.52. The highest BCUT2D eigenvalue weighted by molar-refractivity contribution is 6.12. The lowest BCUT2D eigenvalue weighted by Crippen LogP contribution is -2.21. The minimum absolute atomic E-state index is 0.238. The van der Waals surface area contributed by atoms with Gasteiger partial charge in [-0.3, -0.25) is 5.41 Å². The molecular weight excluding hydrogens is 286 g/mol. The van der Waals surface area contributed by atoms with Crippen molar-refractivity contribution in [2.75, 3.05) is 0 Å². The molecule has 0 bridgehead atoms. The molecule has 0 saturated heterocycles. The number of phenolic OH excluding ortho intramolecular Hbond substituents is 1. The molecule has 4 heteroatoms. The second-order valence-corrected chi connectivity index (χ2v) is 5.85. The number of pyridine rings is 1. The van der Waals surface area contributed by atoms with Crippen LogP contribution >= 0.6 is 0 Å². The maximum Gasteiger partial charge on any atom is 0.128 e. The van der Waals surface area contributed by atoms with Crippen LogP contribution in [0, 0.1) is 12.3 Å². The normalized spacial score (nSPS) is 11.4. The van der Waals surface area contributed by atoms with Crippen LogP contribution in [0.4, 0.5) is 0 Å². The number of aromatic amines is 1. The Balaban J connectivity index is 2.23. The van der Waals surface area contributed by atoms with E-state index in [1.165, 1.54) is 0 Å². The lowest BCUT2D eigenvalue weighted by atomic mass is 10.0. The van der Waals surface area contributed by atoms with Crippen LogP contribution in [-0.2, 0) is 7.05 Å². The molecule has 2 aromatic carbocycles. The van der Waals surface area contributed by atoms with Gasteiger partial charge in [-0.2, -0.15) is 0 Å². The number of H-pyrrole nitrogens is 1. The third kappa shape index (κ3) is 1.88. The number of aromatic hydroxyl groups is 1. The van der Waals surface area contributed by atoms with Gasteiger partial charge < -0.3 is 14.7 Å². The van der Waals surface area contributed by atoms with Crippen LogP contribution in [0.15, 0.2) is 48.5 Å². The van der Waals surface area contributed by atoms with Gasteiger partial charge in [-0.1, -0.05) is 18.2 Å². The maximum atomic E-state index is 9.55. The van der Waals surface area contributed by atoms with Crippen molar-refractivity contribution in [2.45, 2.75) is 6.92 Å². The quantitative estimate of drug-likeness (QED) is 0.492. The number of nitrogens with zero attached hydrogens (tertiary/aromatic N) is 1. The summed E-state index contributed by atoms with van der Waals surface area (Å²) >= 11 is 0. The highest BCUT2D eigenvalue weighted by Crippen LogP contribution is 2.33. The second-order valence-electron chi connectivity index (χ2n) is 5.85. The summed E-state index contributed by atoms with van der Waals surface area (Å²) in [6, 6.07) is 15.3. The number of aromatic nitrogens is 2. The highest BCUT2D eigenvalue weighted by Gasteiger charge is 2.16.